The fourth-order valence-corrected chi connectivity index (χ4v) is 4.53. The van der Waals surface area contributed by atoms with Crippen molar-refractivity contribution in [3.8, 4) is 11.4 Å². The number of likely N-dealkylation sites (tertiary alicyclic amines) is 1. The van der Waals surface area contributed by atoms with Gasteiger partial charge in [-0.25, -0.2) is 0 Å². The third kappa shape index (κ3) is 4.03. The quantitative estimate of drug-likeness (QED) is 0.752. The molecule has 0 spiro atoms. The number of methoxy groups -OCH3 is 1. The van der Waals surface area contributed by atoms with Gasteiger partial charge in [0.1, 0.15) is 12.1 Å². The largest absolute Gasteiger partial charge is 0.495 e. The van der Waals surface area contributed by atoms with Crippen LogP contribution in [-0.2, 0) is 4.79 Å². The minimum absolute atomic E-state index is 0.169. The number of rotatable bonds is 5. The van der Waals surface area contributed by atoms with Gasteiger partial charge >= 0.3 is 0 Å². The van der Waals surface area contributed by atoms with E-state index >= 15 is 0 Å². The molecule has 7 heteroatoms. The molecule has 1 amide bonds. The summed E-state index contributed by atoms with van der Waals surface area (Å²) < 4.78 is 7.30. The summed E-state index contributed by atoms with van der Waals surface area (Å²) in [5.74, 6) is 2.02. The van der Waals surface area contributed by atoms with Crippen LogP contribution in [-0.4, -0.2) is 51.0 Å². The van der Waals surface area contributed by atoms with E-state index in [-0.39, 0.29) is 11.2 Å². The number of benzene rings is 1. The van der Waals surface area contributed by atoms with Crippen LogP contribution in [0.2, 0.25) is 0 Å². The maximum absolute atomic E-state index is 12.9. The highest BCUT2D eigenvalue weighted by atomic mass is 32.2. The maximum atomic E-state index is 12.9. The summed E-state index contributed by atoms with van der Waals surface area (Å²) in [7, 11) is 1.64. The monoisotopic (exact) mass is 374 g/mol. The summed E-state index contributed by atoms with van der Waals surface area (Å²) in [6.45, 7) is 8.05. The second-order valence-corrected chi connectivity index (χ2v) is 8.41. The van der Waals surface area contributed by atoms with Crippen molar-refractivity contribution in [3.05, 3.63) is 30.6 Å². The van der Waals surface area contributed by atoms with Crippen LogP contribution in [0.1, 0.15) is 27.2 Å². The third-order valence-electron chi connectivity index (χ3n) is 4.67. The minimum atomic E-state index is -0.217. The summed E-state index contributed by atoms with van der Waals surface area (Å²) in [5.41, 5.74) is 0.863. The van der Waals surface area contributed by atoms with Gasteiger partial charge in [-0.1, -0.05) is 37.7 Å². The molecule has 0 radical (unpaired) electrons. The molecule has 1 aliphatic heterocycles. The van der Waals surface area contributed by atoms with Gasteiger partial charge < -0.3 is 9.64 Å². The molecule has 1 aromatic carbocycles. The predicted molar refractivity (Wildman–Crippen MR) is 103 cm³/mol. The van der Waals surface area contributed by atoms with Gasteiger partial charge in [-0.2, -0.15) is 0 Å². The van der Waals surface area contributed by atoms with E-state index in [0.717, 1.165) is 24.5 Å². The molecule has 3 atom stereocenters. The number of hydrogen-bond acceptors (Lipinski definition) is 5. The lowest BCUT2D eigenvalue weighted by Gasteiger charge is -2.36. The number of nitrogens with zero attached hydrogens (tertiary/aromatic N) is 4. The van der Waals surface area contributed by atoms with Gasteiger partial charge in [-0.05, 0) is 37.3 Å². The van der Waals surface area contributed by atoms with Crippen molar-refractivity contribution >= 4 is 17.7 Å². The fourth-order valence-electron chi connectivity index (χ4n) is 3.61. The molecule has 3 unspecified atom stereocenters. The normalized spacial score (nSPS) is 21.5. The second kappa shape index (κ2) is 8.12. The van der Waals surface area contributed by atoms with Crippen molar-refractivity contribution in [3.63, 3.8) is 0 Å². The van der Waals surface area contributed by atoms with E-state index in [9.17, 15) is 4.79 Å². The molecule has 6 nitrogen and oxygen atoms in total. The number of para-hydroxylation sites is 2. The Labute approximate surface area is 158 Å². The zero-order valence-electron chi connectivity index (χ0n) is 15.8. The number of hydrogen-bond donors (Lipinski definition) is 0. The van der Waals surface area contributed by atoms with E-state index in [1.54, 1.807) is 13.4 Å². The van der Waals surface area contributed by atoms with Gasteiger partial charge in [0.25, 0.3) is 0 Å². The number of amides is 1. The number of piperidine rings is 1. The lowest BCUT2D eigenvalue weighted by Crippen LogP contribution is -2.45. The van der Waals surface area contributed by atoms with Crippen LogP contribution in [0.4, 0.5) is 0 Å². The van der Waals surface area contributed by atoms with Crippen molar-refractivity contribution in [2.24, 2.45) is 11.8 Å². The second-order valence-electron chi connectivity index (χ2n) is 7.10. The summed E-state index contributed by atoms with van der Waals surface area (Å²) in [4.78, 5) is 14.9. The number of carbonyl (C=O) groups excluding carboxylic acids is 1. The third-order valence-corrected chi connectivity index (χ3v) is 5.72. The molecule has 0 aliphatic carbocycles. The Morgan fingerprint density at radius 3 is 2.65 bits per heavy atom. The first kappa shape index (κ1) is 18.8. The van der Waals surface area contributed by atoms with Gasteiger partial charge in [0.15, 0.2) is 5.16 Å². The molecule has 2 aromatic rings. The number of thioether (sulfide) groups is 1. The molecule has 0 saturated carbocycles. The molecule has 1 saturated heterocycles. The molecule has 2 heterocycles. The molecule has 26 heavy (non-hydrogen) atoms. The lowest BCUT2D eigenvalue weighted by molar-refractivity contribution is -0.132. The molecule has 0 N–H and O–H groups in total. The molecule has 3 rings (SSSR count). The Kier molecular flexibility index (Phi) is 5.86. The number of aromatic nitrogens is 3. The molecule has 0 bridgehead atoms. The van der Waals surface area contributed by atoms with Crippen molar-refractivity contribution in [1.82, 2.24) is 19.7 Å². The van der Waals surface area contributed by atoms with E-state index < -0.39 is 0 Å². The van der Waals surface area contributed by atoms with Crippen molar-refractivity contribution < 1.29 is 9.53 Å². The Morgan fingerprint density at radius 2 is 1.96 bits per heavy atom. The van der Waals surface area contributed by atoms with Gasteiger partial charge in [0.2, 0.25) is 5.91 Å². The molecular formula is C19H26N4O2S. The zero-order valence-corrected chi connectivity index (χ0v) is 16.6. The molecular weight excluding hydrogens is 348 g/mol. The van der Waals surface area contributed by atoms with E-state index in [1.165, 1.54) is 18.2 Å². The van der Waals surface area contributed by atoms with Crippen molar-refractivity contribution in [2.75, 3.05) is 20.2 Å². The molecule has 1 fully saturated rings. The first-order valence-corrected chi connectivity index (χ1v) is 9.86. The molecule has 1 aliphatic rings. The highest BCUT2D eigenvalue weighted by molar-refractivity contribution is 8.00. The van der Waals surface area contributed by atoms with Crippen LogP contribution >= 0.6 is 11.8 Å². The van der Waals surface area contributed by atoms with Crippen LogP contribution in [0.15, 0.2) is 35.7 Å². The highest BCUT2D eigenvalue weighted by Crippen LogP contribution is 2.30. The number of carbonyl (C=O) groups is 1. The van der Waals surface area contributed by atoms with Crippen molar-refractivity contribution in [1.29, 1.82) is 0 Å². The Bertz CT molecular complexity index is 754. The molecule has 1 aromatic heterocycles. The lowest BCUT2D eigenvalue weighted by atomic mass is 9.92. The Hall–Kier alpha value is -2.02. The van der Waals surface area contributed by atoms with E-state index in [1.807, 2.05) is 40.7 Å². The van der Waals surface area contributed by atoms with Gasteiger partial charge in [-0.3, -0.25) is 9.36 Å². The first-order valence-electron chi connectivity index (χ1n) is 8.98. The average molecular weight is 375 g/mol. The topological polar surface area (TPSA) is 60.2 Å². The maximum Gasteiger partial charge on any atom is 0.235 e. The van der Waals surface area contributed by atoms with E-state index in [0.29, 0.717) is 17.0 Å². The summed E-state index contributed by atoms with van der Waals surface area (Å²) >= 11 is 1.44. The summed E-state index contributed by atoms with van der Waals surface area (Å²) in [6.07, 6.45) is 2.84. The van der Waals surface area contributed by atoms with Crippen LogP contribution < -0.4 is 4.74 Å². The van der Waals surface area contributed by atoms with Gasteiger partial charge in [0.05, 0.1) is 18.0 Å². The fraction of sp³-hybridized carbons (Fsp3) is 0.526. The van der Waals surface area contributed by atoms with Crippen LogP contribution in [0, 0.1) is 11.8 Å². The SMILES string of the molecule is COc1ccccc1-n1cnnc1SC(C)C(=O)N1CC(C)CC(C)C1. The van der Waals surface area contributed by atoms with Crippen LogP contribution in [0.5, 0.6) is 5.75 Å². The smallest absolute Gasteiger partial charge is 0.235 e. The molecule has 140 valence electrons. The van der Waals surface area contributed by atoms with Crippen LogP contribution in [0.3, 0.4) is 0 Å². The van der Waals surface area contributed by atoms with Gasteiger partial charge in [0, 0.05) is 13.1 Å². The number of ether oxygens (including phenoxy) is 1. The first-order chi connectivity index (χ1) is 12.5. The van der Waals surface area contributed by atoms with Gasteiger partial charge in [-0.15, -0.1) is 10.2 Å². The van der Waals surface area contributed by atoms with Crippen LogP contribution in [0.25, 0.3) is 5.69 Å². The highest BCUT2D eigenvalue weighted by Gasteiger charge is 2.29. The average Bonchev–Trinajstić information content (AvgIpc) is 3.08. The summed E-state index contributed by atoms with van der Waals surface area (Å²) in [6, 6.07) is 7.71. The zero-order chi connectivity index (χ0) is 18.7. The standard InChI is InChI=1S/C19H26N4O2S/c1-13-9-14(2)11-22(10-13)18(24)15(3)26-19-21-20-12-23(19)16-7-5-6-8-17(16)25-4/h5-8,12-15H,9-11H2,1-4H3. The Balaban J connectivity index is 1.75. The van der Waals surface area contributed by atoms with E-state index in [4.69, 9.17) is 4.74 Å². The summed E-state index contributed by atoms with van der Waals surface area (Å²) in [5, 5.41) is 8.72. The minimum Gasteiger partial charge on any atom is -0.495 e. The van der Waals surface area contributed by atoms with Crippen molar-refractivity contribution in [2.45, 2.75) is 37.6 Å². The Morgan fingerprint density at radius 1 is 1.27 bits per heavy atom. The predicted octanol–water partition coefficient (Wildman–Crippen LogP) is 3.26. The van der Waals surface area contributed by atoms with E-state index in [2.05, 4.69) is 24.0 Å².